The Labute approximate surface area is 215 Å². The van der Waals surface area contributed by atoms with Crippen molar-refractivity contribution in [3.63, 3.8) is 0 Å². The molecule has 0 atom stereocenters. The van der Waals surface area contributed by atoms with Gasteiger partial charge in [-0.2, -0.15) is 0 Å². The lowest BCUT2D eigenvalue weighted by Gasteiger charge is -2.27. The van der Waals surface area contributed by atoms with E-state index in [-0.39, 0.29) is 11.7 Å². The second kappa shape index (κ2) is 11.1. The number of hydrogen-bond acceptors (Lipinski definition) is 6. The van der Waals surface area contributed by atoms with Crippen molar-refractivity contribution in [1.29, 1.82) is 0 Å². The van der Waals surface area contributed by atoms with E-state index in [9.17, 15) is 9.59 Å². The van der Waals surface area contributed by atoms with Gasteiger partial charge >= 0.3 is 0 Å². The average Bonchev–Trinajstić information content (AvgIpc) is 3.34. The molecule has 0 radical (unpaired) electrons. The van der Waals surface area contributed by atoms with Crippen molar-refractivity contribution in [3.8, 4) is 0 Å². The van der Waals surface area contributed by atoms with Gasteiger partial charge < -0.3 is 4.74 Å². The van der Waals surface area contributed by atoms with Crippen LogP contribution < -0.4 is 4.90 Å². The average molecular weight is 500 g/mol. The Morgan fingerprint density at radius 1 is 0.944 bits per heavy atom. The topological polar surface area (TPSA) is 62.7 Å². The number of morpholine rings is 1. The molecule has 1 aliphatic heterocycles. The number of carbonyl (C=O) groups excluding carboxylic acids is 2. The fourth-order valence-electron chi connectivity index (χ4n) is 4.37. The van der Waals surface area contributed by atoms with Crippen molar-refractivity contribution in [2.24, 2.45) is 0 Å². The summed E-state index contributed by atoms with van der Waals surface area (Å²) >= 11 is 1.54. The van der Waals surface area contributed by atoms with E-state index in [2.05, 4.69) is 17.9 Å². The first-order valence-corrected chi connectivity index (χ1v) is 13.1. The minimum Gasteiger partial charge on any atom is -0.379 e. The fraction of sp³-hybridized carbons (Fsp3) is 0.276. The molecule has 0 spiro atoms. The van der Waals surface area contributed by atoms with Gasteiger partial charge in [0.2, 0.25) is 0 Å². The van der Waals surface area contributed by atoms with Crippen LogP contribution in [0.4, 0.5) is 5.13 Å². The Kier molecular flexibility index (Phi) is 7.51. The maximum absolute atomic E-state index is 13.7. The molecule has 3 aromatic carbocycles. The molecule has 6 nitrogen and oxygen atoms in total. The first-order valence-electron chi connectivity index (χ1n) is 12.3. The highest BCUT2D eigenvalue weighted by Gasteiger charge is 2.22. The summed E-state index contributed by atoms with van der Waals surface area (Å²) in [5, 5.41) is 0.701. The minimum atomic E-state index is -0.105. The molecule has 0 bridgehead atoms. The normalized spacial score (nSPS) is 14.1. The van der Waals surface area contributed by atoms with Crippen LogP contribution in [0.3, 0.4) is 0 Å². The van der Waals surface area contributed by atoms with Crippen molar-refractivity contribution >= 4 is 38.4 Å². The lowest BCUT2D eigenvalue weighted by atomic mass is 10.0. The molecule has 0 N–H and O–H groups in total. The summed E-state index contributed by atoms with van der Waals surface area (Å²) in [5.41, 5.74) is 3.80. The van der Waals surface area contributed by atoms with Crippen molar-refractivity contribution in [2.75, 3.05) is 44.3 Å². The van der Waals surface area contributed by atoms with Gasteiger partial charge in [-0.15, -0.1) is 0 Å². The minimum absolute atomic E-state index is 0.0569. The number of aryl methyl sites for hydroxylation is 1. The van der Waals surface area contributed by atoms with E-state index in [0.717, 1.165) is 49.5 Å². The Bertz CT molecular complexity index is 1350. The summed E-state index contributed by atoms with van der Waals surface area (Å²) in [6.45, 7) is 6.89. The zero-order valence-electron chi connectivity index (χ0n) is 20.4. The molecule has 2 heterocycles. The molecule has 184 valence electrons. The molecule has 1 fully saturated rings. The molecule has 0 saturated carbocycles. The lowest BCUT2D eigenvalue weighted by Crippen LogP contribution is -2.39. The van der Waals surface area contributed by atoms with Crippen LogP contribution in [0.5, 0.6) is 0 Å². The lowest BCUT2D eigenvalue weighted by molar-refractivity contribution is 0.0376. The van der Waals surface area contributed by atoms with Gasteiger partial charge in [0, 0.05) is 42.9 Å². The molecule has 7 heteroatoms. The maximum atomic E-state index is 13.7. The summed E-state index contributed by atoms with van der Waals surface area (Å²) < 4.78 is 6.52. The summed E-state index contributed by atoms with van der Waals surface area (Å²) in [6.07, 6.45) is 0.839. The van der Waals surface area contributed by atoms with Gasteiger partial charge in [-0.1, -0.05) is 59.9 Å². The fourth-order valence-corrected chi connectivity index (χ4v) is 5.46. The van der Waals surface area contributed by atoms with Crippen LogP contribution in [0.15, 0.2) is 72.8 Å². The van der Waals surface area contributed by atoms with E-state index in [1.165, 1.54) is 5.56 Å². The van der Waals surface area contributed by atoms with E-state index in [1.807, 2.05) is 30.3 Å². The number of thiazole rings is 1. The Hall–Kier alpha value is -3.39. The number of hydrogen-bond donors (Lipinski definition) is 0. The van der Waals surface area contributed by atoms with Crippen LogP contribution in [-0.4, -0.2) is 61.0 Å². The van der Waals surface area contributed by atoms with Crippen LogP contribution in [-0.2, 0) is 4.74 Å². The third kappa shape index (κ3) is 5.54. The largest absolute Gasteiger partial charge is 0.379 e. The van der Waals surface area contributed by atoms with E-state index in [0.29, 0.717) is 28.4 Å². The Morgan fingerprint density at radius 3 is 2.39 bits per heavy atom. The molecule has 1 aliphatic rings. The predicted molar refractivity (Wildman–Crippen MR) is 144 cm³/mol. The Morgan fingerprint density at radius 2 is 1.64 bits per heavy atom. The molecule has 4 aromatic rings. The van der Waals surface area contributed by atoms with Crippen LogP contribution >= 0.6 is 11.3 Å². The molecule has 1 amide bonds. The maximum Gasteiger partial charge on any atom is 0.260 e. The summed E-state index contributed by atoms with van der Waals surface area (Å²) in [7, 11) is 0. The third-order valence-corrected chi connectivity index (χ3v) is 7.44. The van der Waals surface area contributed by atoms with Crippen molar-refractivity contribution in [3.05, 3.63) is 95.1 Å². The number of ether oxygens (including phenoxy) is 1. The standard InChI is InChI=1S/C29H29N3O3S/c1-21-8-13-25-26(20-21)36-29(30-25)32(15-5-14-31-16-18-35-19-17-31)28(34)24-11-9-23(10-12-24)27(33)22-6-3-2-4-7-22/h2-4,6-13,20H,5,14-19H2,1H3. The Balaban J connectivity index is 1.37. The SMILES string of the molecule is Cc1ccc2nc(N(CCCN3CCOCC3)C(=O)c3ccc(C(=O)c4ccccc4)cc3)sc2c1. The van der Waals surface area contributed by atoms with Gasteiger partial charge in [0.15, 0.2) is 10.9 Å². The number of anilines is 1. The van der Waals surface area contributed by atoms with Crippen molar-refractivity contribution in [1.82, 2.24) is 9.88 Å². The first kappa shape index (κ1) is 24.3. The van der Waals surface area contributed by atoms with Gasteiger partial charge in [0.1, 0.15) is 0 Å². The summed E-state index contributed by atoms with van der Waals surface area (Å²) in [4.78, 5) is 35.4. The number of ketones is 1. The number of rotatable bonds is 8. The van der Waals surface area contributed by atoms with Gasteiger partial charge in [-0.05, 0) is 43.2 Å². The van der Waals surface area contributed by atoms with E-state index in [1.54, 1.807) is 52.6 Å². The summed E-state index contributed by atoms with van der Waals surface area (Å²) in [6, 6.07) is 22.3. The zero-order chi connectivity index (χ0) is 24.9. The highest BCUT2D eigenvalue weighted by Crippen LogP contribution is 2.30. The van der Waals surface area contributed by atoms with Gasteiger partial charge in [0.25, 0.3) is 5.91 Å². The van der Waals surface area contributed by atoms with E-state index >= 15 is 0 Å². The number of aromatic nitrogens is 1. The number of carbonyl (C=O) groups is 2. The van der Waals surface area contributed by atoms with Crippen LogP contribution in [0.2, 0.25) is 0 Å². The van der Waals surface area contributed by atoms with Crippen molar-refractivity contribution in [2.45, 2.75) is 13.3 Å². The number of nitrogens with zero attached hydrogens (tertiary/aromatic N) is 3. The molecule has 1 aromatic heterocycles. The molecule has 36 heavy (non-hydrogen) atoms. The molecule has 1 saturated heterocycles. The highest BCUT2D eigenvalue weighted by atomic mass is 32.1. The van der Waals surface area contributed by atoms with Gasteiger partial charge in [-0.3, -0.25) is 19.4 Å². The second-order valence-electron chi connectivity index (χ2n) is 9.00. The number of fused-ring (bicyclic) bond motifs is 1. The van der Waals surface area contributed by atoms with Gasteiger partial charge in [0.05, 0.1) is 23.4 Å². The summed E-state index contributed by atoms with van der Waals surface area (Å²) in [5.74, 6) is -0.162. The monoisotopic (exact) mass is 499 g/mol. The molecular weight excluding hydrogens is 470 g/mol. The van der Waals surface area contributed by atoms with Crippen LogP contribution in [0.1, 0.15) is 38.3 Å². The van der Waals surface area contributed by atoms with E-state index < -0.39 is 0 Å². The molecule has 0 unspecified atom stereocenters. The smallest absolute Gasteiger partial charge is 0.260 e. The molecular formula is C29H29N3O3S. The second-order valence-corrected chi connectivity index (χ2v) is 10.0. The highest BCUT2D eigenvalue weighted by molar-refractivity contribution is 7.22. The quantitative estimate of drug-likeness (QED) is 0.312. The third-order valence-electron chi connectivity index (χ3n) is 6.40. The number of benzene rings is 3. The molecule has 5 rings (SSSR count). The van der Waals surface area contributed by atoms with Gasteiger partial charge in [-0.25, -0.2) is 4.98 Å². The first-order chi connectivity index (χ1) is 17.6. The number of amides is 1. The van der Waals surface area contributed by atoms with E-state index in [4.69, 9.17) is 9.72 Å². The predicted octanol–water partition coefficient (Wildman–Crippen LogP) is 5.20. The van der Waals surface area contributed by atoms with Crippen molar-refractivity contribution < 1.29 is 14.3 Å². The van der Waals surface area contributed by atoms with Crippen LogP contribution in [0.25, 0.3) is 10.2 Å². The molecule has 0 aliphatic carbocycles. The zero-order valence-corrected chi connectivity index (χ0v) is 21.2. The van der Waals surface area contributed by atoms with Crippen LogP contribution in [0, 0.1) is 6.92 Å².